The Kier molecular flexibility index (Phi) is 7.36. The largest absolute Gasteiger partial charge is 0.486 e. The second kappa shape index (κ2) is 10.2. The third-order valence-corrected chi connectivity index (χ3v) is 6.75. The van der Waals surface area contributed by atoms with Gasteiger partial charge in [0.05, 0.1) is 31.1 Å². The summed E-state index contributed by atoms with van der Waals surface area (Å²) < 4.78 is 11.6. The van der Waals surface area contributed by atoms with Gasteiger partial charge in [-0.05, 0) is 30.9 Å². The SMILES string of the molecule is CC(C)CCN(C(=O)C1CCOC1)[C@@H]1C=C(C(=O)NCCO)[C@@H]2c3ccccc3O[C@@H]2[C@H]1O. The lowest BCUT2D eigenvalue weighted by molar-refractivity contribution is -0.141. The molecule has 3 N–H and O–H groups in total. The first-order valence-corrected chi connectivity index (χ1v) is 11.8. The first kappa shape index (κ1) is 23.7. The van der Waals surface area contributed by atoms with Gasteiger partial charge in [-0.1, -0.05) is 32.0 Å². The molecule has 1 aromatic carbocycles. The molecule has 2 heterocycles. The van der Waals surface area contributed by atoms with Crippen molar-refractivity contribution in [2.75, 3.05) is 32.9 Å². The lowest BCUT2D eigenvalue weighted by Crippen LogP contribution is -2.57. The summed E-state index contributed by atoms with van der Waals surface area (Å²) in [6.07, 6.45) is 1.49. The maximum Gasteiger partial charge on any atom is 0.247 e. The average Bonchev–Trinajstić information content (AvgIpc) is 3.47. The van der Waals surface area contributed by atoms with Crippen molar-refractivity contribution >= 4 is 11.8 Å². The number of benzene rings is 1. The molecule has 2 aliphatic heterocycles. The summed E-state index contributed by atoms with van der Waals surface area (Å²) in [5.74, 6) is -0.0599. The van der Waals surface area contributed by atoms with Gasteiger partial charge in [0.25, 0.3) is 0 Å². The number of nitrogens with zero attached hydrogens (tertiary/aromatic N) is 1. The zero-order valence-electron chi connectivity index (χ0n) is 19.3. The van der Waals surface area contributed by atoms with Crippen LogP contribution in [0.1, 0.15) is 38.2 Å². The van der Waals surface area contributed by atoms with Gasteiger partial charge in [0.15, 0.2) is 0 Å². The van der Waals surface area contributed by atoms with Crippen molar-refractivity contribution in [1.29, 1.82) is 0 Å². The number of fused-ring (bicyclic) bond motifs is 3. The van der Waals surface area contributed by atoms with E-state index in [1.165, 1.54) is 0 Å². The first-order chi connectivity index (χ1) is 15.9. The Morgan fingerprint density at radius 1 is 1.27 bits per heavy atom. The molecule has 180 valence electrons. The highest BCUT2D eigenvalue weighted by molar-refractivity contribution is 5.96. The van der Waals surface area contributed by atoms with Gasteiger partial charge in [-0.2, -0.15) is 0 Å². The molecular weight excluding hydrogens is 424 g/mol. The first-order valence-electron chi connectivity index (χ1n) is 11.8. The molecular formula is C25H34N2O6. The highest BCUT2D eigenvalue weighted by Crippen LogP contribution is 2.47. The summed E-state index contributed by atoms with van der Waals surface area (Å²) in [6, 6.07) is 6.77. The van der Waals surface area contributed by atoms with Crippen LogP contribution in [0.4, 0.5) is 0 Å². The van der Waals surface area contributed by atoms with Crippen LogP contribution in [0, 0.1) is 11.8 Å². The van der Waals surface area contributed by atoms with E-state index in [1.807, 2.05) is 24.3 Å². The Balaban J connectivity index is 1.71. The molecule has 5 atom stereocenters. The second-order valence-corrected chi connectivity index (χ2v) is 9.46. The van der Waals surface area contributed by atoms with Crippen LogP contribution in [0.2, 0.25) is 0 Å². The molecule has 8 nitrogen and oxygen atoms in total. The van der Waals surface area contributed by atoms with Crippen molar-refractivity contribution in [1.82, 2.24) is 10.2 Å². The molecule has 8 heteroatoms. The predicted octanol–water partition coefficient (Wildman–Crippen LogP) is 1.22. The predicted molar refractivity (Wildman–Crippen MR) is 122 cm³/mol. The van der Waals surface area contributed by atoms with E-state index < -0.39 is 24.2 Å². The van der Waals surface area contributed by atoms with Crippen LogP contribution in [0.15, 0.2) is 35.9 Å². The number of para-hydroxylation sites is 1. The van der Waals surface area contributed by atoms with E-state index in [4.69, 9.17) is 9.47 Å². The topological polar surface area (TPSA) is 108 Å². The van der Waals surface area contributed by atoms with E-state index in [-0.39, 0.29) is 30.9 Å². The van der Waals surface area contributed by atoms with Crippen molar-refractivity contribution in [2.24, 2.45) is 11.8 Å². The minimum atomic E-state index is -0.991. The molecule has 33 heavy (non-hydrogen) atoms. The molecule has 1 fully saturated rings. The fourth-order valence-electron chi connectivity index (χ4n) is 4.96. The molecule has 0 aromatic heterocycles. The van der Waals surface area contributed by atoms with Crippen molar-refractivity contribution in [3.63, 3.8) is 0 Å². The van der Waals surface area contributed by atoms with Gasteiger partial charge in [-0.15, -0.1) is 0 Å². The van der Waals surface area contributed by atoms with Gasteiger partial charge >= 0.3 is 0 Å². The highest BCUT2D eigenvalue weighted by atomic mass is 16.5. The Hall–Kier alpha value is -2.42. The van der Waals surface area contributed by atoms with Crippen molar-refractivity contribution < 1.29 is 29.3 Å². The van der Waals surface area contributed by atoms with Gasteiger partial charge in [0, 0.05) is 30.8 Å². The average molecular weight is 459 g/mol. The van der Waals surface area contributed by atoms with Crippen molar-refractivity contribution in [3.05, 3.63) is 41.5 Å². The Morgan fingerprint density at radius 2 is 2.06 bits per heavy atom. The summed E-state index contributed by atoms with van der Waals surface area (Å²) in [5.41, 5.74) is 1.30. The van der Waals surface area contributed by atoms with Crippen LogP contribution < -0.4 is 10.1 Å². The molecule has 4 rings (SSSR count). The maximum atomic E-state index is 13.5. The van der Waals surface area contributed by atoms with E-state index in [9.17, 15) is 19.8 Å². The molecule has 1 aliphatic carbocycles. The van der Waals surface area contributed by atoms with Crippen LogP contribution in [0.25, 0.3) is 0 Å². The van der Waals surface area contributed by atoms with Crippen LogP contribution in [0.5, 0.6) is 5.75 Å². The van der Waals surface area contributed by atoms with Crippen LogP contribution in [0.3, 0.4) is 0 Å². The molecule has 0 bridgehead atoms. The molecule has 1 saturated heterocycles. The zero-order chi connectivity index (χ0) is 23.5. The minimum Gasteiger partial charge on any atom is -0.486 e. The summed E-state index contributed by atoms with van der Waals surface area (Å²) in [5, 5.41) is 23.4. The number of ether oxygens (including phenoxy) is 2. The van der Waals surface area contributed by atoms with Crippen LogP contribution in [-0.4, -0.2) is 78.1 Å². The summed E-state index contributed by atoms with van der Waals surface area (Å²) in [4.78, 5) is 28.3. The van der Waals surface area contributed by atoms with Gasteiger partial charge < -0.3 is 29.9 Å². The number of carbonyl (C=O) groups is 2. The number of aliphatic hydroxyl groups excluding tert-OH is 2. The number of aliphatic hydroxyl groups is 2. The fourth-order valence-corrected chi connectivity index (χ4v) is 4.96. The quantitative estimate of drug-likeness (QED) is 0.541. The minimum absolute atomic E-state index is 0.0578. The van der Waals surface area contributed by atoms with Crippen molar-refractivity contribution in [2.45, 2.75) is 50.9 Å². The molecule has 3 aliphatic rings. The van der Waals surface area contributed by atoms with Gasteiger partial charge in [0.1, 0.15) is 18.0 Å². The molecule has 0 spiro atoms. The third kappa shape index (κ3) is 4.78. The highest BCUT2D eigenvalue weighted by Gasteiger charge is 2.50. The second-order valence-electron chi connectivity index (χ2n) is 9.46. The third-order valence-electron chi connectivity index (χ3n) is 6.75. The van der Waals surface area contributed by atoms with Gasteiger partial charge in [0.2, 0.25) is 11.8 Å². The summed E-state index contributed by atoms with van der Waals surface area (Å²) in [6.45, 7) is 5.54. The molecule has 1 unspecified atom stereocenters. The number of hydrogen-bond donors (Lipinski definition) is 3. The Bertz CT molecular complexity index is 895. The number of hydrogen-bond acceptors (Lipinski definition) is 6. The van der Waals surface area contributed by atoms with Crippen LogP contribution in [-0.2, 0) is 14.3 Å². The standard InChI is InChI=1S/C25H34N2O6/c1-15(2)7-10-27(25(31)16-8-12-32-14-16)19-13-18(24(30)26-9-11-28)21-17-5-3-4-6-20(17)33-23(21)22(19)29/h3-6,13,15-16,19,21-23,28-29H,7-12,14H2,1-2H3,(H,26,30)/t16?,19-,21+,22+,23+/m1/s1. The monoisotopic (exact) mass is 458 g/mol. The Morgan fingerprint density at radius 3 is 2.76 bits per heavy atom. The van der Waals surface area contributed by atoms with E-state index in [1.54, 1.807) is 11.0 Å². The van der Waals surface area contributed by atoms with E-state index in [2.05, 4.69) is 19.2 Å². The summed E-state index contributed by atoms with van der Waals surface area (Å²) >= 11 is 0. The fraction of sp³-hybridized carbons (Fsp3) is 0.600. The van der Waals surface area contributed by atoms with Crippen molar-refractivity contribution in [3.8, 4) is 5.75 Å². The molecule has 2 amide bonds. The molecule has 0 saturated carbocycles. The van der Waals surface area contributed by atoms with E-state index >= 15 is 0 Å². The number of rotatable bonds is 8. The van der Waals surface area contributed by atoms with E-state index in [0.29, 0.717) is 43.4 Å². The zero-order valence-corrected chi connectivity index (χ0v) is 19.3. The van der Waals surface area contributed by atoms with Crippen LogP contribution >= 0.6 is 0 Å². The Labute approximate surface area is 194 Å². The number of amides is 2. The molecule has 0 radical (unpaired) electrons. The molecule has 1 aromatic rings. The van der Waals surface area contributed by atoms with Gasteiger partial charge in [-0.3, -0.25) is 9.59 Å². The van der Waals surface area contributed by atoms with Gasteiger partial charge in [-0.25, -0.2) is 0 Å². The smallest absolute Gasteiger partial charge is 0.247 e. The number of nitrogens with one attached hydrogen (secondary N) is 1. The lowest BCUT2D eigenvalue weighted by Gasteiger charge is -2.41. The normalized spacial score (nSPS) is 28.0. The summed E-state index contributed by atoms with van der Waals surface area (Å²) in [7, 11) is 0. The lowest BCUT2D eigenvalue weighted by atomic mass is 9.77. The maximum absolute atomic E-state index is 13.5. The number of carbonyl (C=O) groups excluding carboxylic acids is 2. The van der Waals surface area contributed by atoms with E-state index in [0.717, 1.165) is 12.0 Å².